The minimum Gasteiger partial charge on any atom is -0.480 e. The highest BCUT2D eigenvalue weighted by Gasteiger charge is 2.24. The summed E-state index contributed by atoms with van der Waals surface area (Å²) in [5.74, 6) is 0.795. The van der Waals surface area contributed by atoms with Crippen LogP contribution in [-0.4, -0.2) is 37.8 Å². The lowest BCUT2D eigenvalue weighted by Crippen LogP contribution is -2.33. The summed E-state index contributed by atoms with van der Waals surface area (Å²) in [6, 6.07) is 14.2. The van der Waals surface area contributed by atoms with Crippen LogP contribution in [-0.2, 0) is 14.8 Å². The Morgan fingerprint density at radius 1 is 0.939 bits per heavy atom. The second-order valence-corrected chi connectivity index (χ2v) is 10.2. The molecule has 0 fully saturated rings. The predicted octanol–water partition coefficient (Wildman–Crippen LogP) is 5.81. The normalized spacial score (nSPS) is 13.5. The molecule has 182 valence electrons. The Kier molecular flexibility index (Phi) is 10.4. The molecular formula is C26H38N2O4S. The molecule has 1 amide bonds. The molecule has 0 spiro atoms. The van der Waals surface area contributed by atoms with E-state index < -0.39 is 16.1 Å². The van der Waals surface area contributed by atoms with Gasteiger partial charge in [0.25, 0.3) is 5.91 Å². The minimum absolute atomic E-state index is 0.230. The molecule has 33 heavy (non-hydrogen) atoms. The van der Waals surface area contributed by atoms with E-state index in [-0.39, 0.29) is 10.8 Å². The first kappa shape index (κ1) is 26.9. The van der Waals surface area contributed by atoms with Gasteiger partial charge in [-0.3, -0.25) is 4.79 Å². The van der Waals surface area contributed by atoms with Gasteiger partial charge in [0.1, 0.15) is 5.75 Å². The first-order valence-electron chi connectivity index (χ1n) is 11.9. The van der Waals surface area contributed by atoms with Crippen LogP contribution >= 0.6 is 0 Å². The highest BCUT2D eigenvalue weighted by atomic mass is 32.2. The van der Waals surface area contributed by atoms with Gasteiger partial charge in [0.2, 0.25) is 10.0 Å². The Labute approximate surface area is 199 Å². The molecular weight excluding hydrogens is 436 g/mol. The van der Waals surface area contributed by atoms with Crippen LogP contribution in [0, 0.1) is 0 Å². The van der Waals surface area contributed by atoms with Crippen molar-refractivity contribution in [3.63, 3.8) is 0 Å². The summed E-state index contributed by atoms with van der Waals surface area (Å²) in [7, 11) is -3.55. The van der Waals surface area contributed by atoms with E-state index in [1.807, 2.05) is 45.0 Å². The van der Waals surface area contributed by atoms with Crippen molar-refractivity contribution in [2.24, 2.45) is 0 Å². The number of nitrogens with one attached hydrogen (secondary N) is 1. The summed E-state index contributed by atoms with van der Waals surface area (Å²) in [5, 5.41) is 2.86. The first-order valence-corrected chi connectivity index (χ1v) is 13.4. The number of hydrogen-bond donors (Lipinski definition) is 1. The fourth-order valence-corrected chi connectivity index (χ4v) is 5.25. The molecule has 0 aliphatic rings. The number of carbonyl (C=O) groups is 1. The van der Waals surface area contributed by atoms with E-state index in [0.717, 1.165) is 30.6 Å². The summed E-state index contributed by atoms with van der Waals surface area (Å²) in [4.78, 5) is 13.1. The van der Waals surface area contributed by atoms with Crippen molar-refractivity contribution in [3.05, 3.63) is 54.1 Å². The van der Waals surface area contributed by atoms with Gasteiger partial charge in [0.05, 0.1) is 4.90 Å². The number of rotatable bonds is 13. The Bertz CT molecular complexity index is 984. The maximum absolute atomic E-state index is 12.9. The van der Waals surface area contributed by atoms with Gasteiger partial charge in [0, 0.05) is 18.8 Å². The van der Waals surface area contributed by atoms with Gasteiger partial charge in [-0.25, -0.2) is 8.42 Å². The third-order valence-electron chi connectivity index (χ3n) is 5.70. The second kappa shape index (κ2) is 12.8. The number of amides is 1. The Morgan fingerprint density at radius 3 is 2.09 bits per heavy atom. The van der Waals surface area contributed by atoms with Crippen molar-refractivity contribution in [2.45, 2.75) is 77.2 Å². The van der Waals surface area contributed by atoms with Gasteiger partial charge in [0.15, 0.2) is 6.10 Å². The molecule has 2 unspecified atom stereocenters. The predicted molar refractivity (Wildman–Crippen MR) is 134 cm³/mol. The lowest BCUT2D eigenvalue weighted by atomic mass is 9.98. The van der Waals surface area contributed by atoms with E-state index in [2.05, 4.69) is 19.2 Å². The topological polar surface area (TPSA) is 75.7 Å². The molecule has 0 heterocycles. The quantitative estimate of drug-likeness (QED) is 0.398. The maximum Gasteiger partial charge on any atom is 0.265 e. The van der Waals surface area contributed by atoms with Gasteiger partial charge in [-0.1, -0.05) is 52.8 Å². The van der Waals surface area contributed by atoms with Crippen molar-refractivity contribution in [3.8, 4) is 5.75 Å². The van der Waals surface area contributed by atoms with Crippen LogP contribution < -0.4 is 10.1 Å². The Hall–Kier alpha value is -2.38. The lowest BCUT2D eigenvalue weighted by Gasteiger charge is -2.22. The third kappa shape index (κ3) is 7.05. The summed E-state index contributed by atoms with van der Waals surface area (Å²) in [6.07, 6.45) is 2.35. The molecule has 2 aromatic rings. The maximum atomic E-state index is 12.9. The summed E-state index contributed by atoms with van der Waals surface area (Å²) in [6.45, 7) is 11.1. The molecule has 0 aliphatic heterocycles. The molecule has 0 aromatic heterocycles. The van der Waals surface area contributed by atoms with Gasteiger partial charge >= 0.3 is 0 Å². The van der Waals surface area contributed by atoms with Crippen LogP contribution in [0.3, 0.4) is 0 Å². The SMILES string of the molecule is CCCN(CCC)S(=O)(=O)c1ccc(NC(=O)C(CC)Oc2ccccc2C(C)CC)cc1. The highest BCUT2D eigenvalue weighted by molar-refractivity contribution is 7.89. The molecule has 0 saturated carbocycles. The number of ether oxygens (including phenoxy) is 1. The third-order valence-corrected chi connectivity index (χ3v) is 7.61. The van der Waals surface area contributed by atoms with Crippen molar-refractivity contribution in [2.75, 3.05) is 18.4 Å². The van der Waals surface area contributed by atoms with Crippen LogP contribution in [0.25, 0.3) is 0 Å². The van der Waals surface area contributed by atoms with Crippen molar-refractivity contribution in [1.82, 2.24) is 4.31 Å². The minimum atomic E-state index is -3.55. The molecule has 0 bridgehead atoms. The largest absolute Gasteiger partial charge is 0.480 e. The van der Waals surface area contributed by atoms with E-state index in [4.69, 9.17) is 4.74 Å². The average molecular weight is 475 g/mol. The first-order chi connectivity index (χ1) is 15.8. The lowest BCUT2D eigenvalue weighted by molar-refractivity contribution is -0.122. The molecule has 7 heteroatoms. The van der Waals surface area contributed by atoms with Crippen LogP contribution in [0.1, 0.15) is 71.8 Å². The van der Waals surface area contributed by atoms with Gasteiger partial charge in [-0.15, -0.1) is 0 Å². The number of carbonyl (C=O) groups excluding carboxylic acids is 1. The Balaban J connectivity index is 2.13. The molecule has 2 rings (SSSR count). The summed E-state index contributed by atoms with van der Waals surface area (Å²) in [5.41, 5.74) is 1.62. The second-order valence-electron chi connectivity index (χ2n) is 8.28. The number of anilines is 1. The van der Waals surface area contributed by atoms with Crippen LogP contribution in [0.5, 0.6) is 5.75 Å². The summed E-state index contributed by atoms with van der Waals surface area (Å²) >= 11 is 0. The van der Waals surface area contributed by atoms with Crippen LogP contribution in [0.4, 0.5) is 5.69 Å². The number of para-hydroxylation sites is 1. The smallest absolute Gasteiger partial charge is 0.265 e. The Morgan fingerprint density at radius 2 is 1.55 bits per heavy atom. The fraction of sp³-hybridized carbons (Fsp3) is 0.500. The molecule has 0 radical (unpaired) electrons. The van der Waals surface area contributed by atoms with Gasteiger partial charge < -0.3 is 10.1 Å². The molecule has 2 aromatic carbocycles. The fourth-order valence-electron chi connectivity index (χ4n) is 3.62. The zero-order valence-electron chi connectivity index (χ0n) is 20.5. The number of sulfonamides is 1. The van der Waals surface area contributed by atoms with E-state index in [0.29, 0.717) is 31.1 Å². The van der Waals surface area contributed by atoms with E-state index >= 15 is 0 Å². The molecule has 2 atom stereocenters. The van der Waals surface area contributed by atoms with Crippen LogP contribution in [0.2, 0.25) is 0 Å². The highest BCUT2D eigenvalue weighted by Crippen LogP contribution is 2.29. The van der Waals surface area contributed by atoms with Crippen molar-refractivity contribution in [1.29, 1.82) is 0 Å². The van der Waals surface area contributed by atoms with Crippen LogP contribution in [0.15, 0.2) is 53.4 Å². The number of nitrogens with zero attached hydrogens (tertiary/aromatic N) is 1. The monoisotopic (exact) mass is 474 g/mol. The zero-order valence-corrected chi connectivity index (χ0v) is 21.3. The van der Waals surface area contributed by atoms with Gasteiger partial charge in [-0.2, -0.15) is 4.31 Å². The van der Waals surface area contributed by atoms with Gasteiger partial charge in [-0.05, 0) is 67.5 Å². The zero-order chi connectivity index (χ0) is 24.4. The summed E-state index contributed by atoms with van der Waals surface area (Å²) < 4.78 is 33.5. The molecule has 0 aliphatic carbocycles. The van der Waals surface area contributed by atoms with Crippen molar-refractivity contribution >= 4 is 21.6 Å². The number of benzene rings is 2. The molecule has 1 N–H and O–H groups in total. The molecule has 0 saturated heterocycles. The molecule has 6 nitrogen and oxygen atoms in total. The standard InChI is InChI=1S/C26H38N2O4S/c1-6-18-28(19-7-2)33(30,31)22-16-14-21(15-17-22)27-26(29)24(9-4)32-25-13-11-10-12-23(25)20(5)8-3/h10-17,20,24H,6-9,18-19H2,1-5H3,(H,27,29). The average Bonchev–Trinajstić information content (AvgIpc) is 2.82. The van der Waals surface area contributed by atoms with E-state index in [1.165, 1.54) is 4.31 Å². The van der Waals surface area contributed by atoms with Crippen molar-refractivity contribution < 1.29 is 17.9 Å². The van der Waals surface area contributed by atoms with E-state index in [1.54, 1.807) is 24.3 Å². The van der Waals surface area contributed by atoms with E-state index in [9.17, 15) is 13.2 Å². The number of hydrogen-bond acceptors (Lipinski definition) is 4.